The molecular formula is C28H23NO2S. The normalized spacial score (nSPS) is 11.8. The van der Waals surface area contributed by atoms with Crippen LogP contribution in [0.15, 0.2) is 114 Å². The van der Waals surface area contributed by atoms with Gasteiger partial charge in [-0.05, 0) is 48.4 Å². The van der Waals surface area contributed by atoms with E-state index in [-0.39, 0.29) is 10.8 Å². The number of anilines is 1. The summed E-state index contributed by atoms with van der Waals surface area (Å²) >= 11 is 0. The number of sulfonamides is 1. The molecule has 3 nitrogen and oxygen atoms in total. The lowest BCUT2D eigenvalue weighted by molar-refractivity contribution is 0.601. The summed E-state index contributed by atoms with van der Waals surface area (Å²) in [5.41, 5.74) is 4.23. The smallest absolute Gasteiger partial charge is 0.261 e. The van der Waals surface area contributed by atoms with E-state index in [0.717, 1.165) is 22.3 Å². The first-order valence-electron chi connectivity index (χ1n) is 10.3. The van der Waals surface area contributed by atoms with Crippen molar-refractivity contribution in [2.45, 2.75) is 17.7 Å². The number of rotatable bonds is 5. The molecule has 0 heterocycles. The van der Waals surface area contributed by atoms with Crippen molar-refractivity contribution >= 4 is 15.7 Å². The van der Waals surface area contributed by atoms with Crippen LogP contribution in [0.2, 0.25) is 0 Å². The van der Waals surface area contributed by atoms with Crippen LogP contribution in [-0.4, -0.2) is 8.42 Å². The minimum absolute atomic E-state index is 0.226. The highest BCUT2D eigenvalue weighted by Gasteiger charge is 2.20. The summed E-state index contributed by atoms with van der Waals surface area (Å²) in [5.74, 6) is 6.30. The highest BCUT2D eigenvalue weighted by molar-refractivity contribution is 7.92. The lowest BCUT2D eigenvalue weighted by Crippen LogP contribution is -2.15. The fourth-order valence-corrected chi connectivity index (χ4v) is 4.51. The van der Waals surface area contributed by atoms with Gasteiger partial charge in [0, 0.05) is 5.56 Å². The van der Waals surface area contributed by atoms with Crippen LogP contribution < -0.4 is 4.72 Å². The molecule has 1 atom stereocenters. The Hall–Kier alpha value is -3.81. The van der Waals surface area contributed by atoms with Crippen molar-refractivity contribution in [3.8, 4) is 11.8 Å². The number of nitrogens with one attached hydrogen (secondary N) is 1. The zero-order chi connectivity index (χ0) is 22.4. The predicted octanol–water partition coefficient (Wildman–Crippen LogP) is 5.98. The van der Waals surface area contributed by atoms with Crippen molar-refractivity contribution in [1.82, 2.24) is 0 Å². The number of para-hydroxylation sites is 1. The monoisotopic (exact) mass is 437 g/mol. The van der Waals surface area contributed by atoms with Crippen LogP contribution in [0.3, 0.4) is 0 Å². The molecule has 0 aromatic heterocycles. The maximum Gasteiger partial charge on any atom is 0.261 e. The topological polar surface area (TPSA) is 46.2 Å². The van der Waals surface area contributed by atoms with Gasteiger partial charge in [0.15, 0.2) is 0 Å². The van der Waals surface area contributed by atoms with Gasteiger partial charge in [-0.25, -0.2) is 8.42 Å². The molecule has 4 aromatic rings. The Balaban J connectivity index is 1.76. The molecule has 0 saturated heterocycles. The fourth-order valence-electron chi connectivity index (χ4n) is 3.43. The molecule has 0 saturated carbocycles. The lowest BCUT2D eigenvalue weighted by Gasteiger charge is -2.18. The molecule has 4 heteroatoms. The molecule has 0 fully saturated rings. The van der Waals surface area contributed by atoms with Crippen LogP contribution in [0.25, 0.3) is 0 Å². The Bertz CT molecular complexity index is 1350. The summed E-state index contributed by atoms with van der Waals surface area (Å²) in [4.78, 5) is 0.226. The fraction of sp³-hybridized carbons (Fsp3) is 0.0714. The van der Waals surface area contributed by atoms with Gasteiger partial charge in [0.05, 0.1) is 16.5 Å². The van der Waals surface area contributed by atoms with E-state index in [1.54, 1.807) is 30.3 Å². The van der Waals surface area contributed by atoms with Crippen molar-refractivity contribution in [2.24, 2.45) is 0 Å². The van der Waals surface area contributed by atoms with Gasteiger partial charge in [-0.1, -0.05) is 96.3 Å². The van der Waals surface area contributed by atoms with Crippen molar-refractivity contribution in [3.05, 3.63) is 131 Å². The summed E-state index contributed by atoms with van der Waals surface area (Å²) in [6.45, 7) is 1.93. The van der Waals surface area contributed by atoms with Crippen LogP contribution in [0.4, 0.5) is 5.69 Å². The quantitative estimate of drug-likeness (QED) is 0.391. The van der Waals surface area contributed by atoms with E-state index in [1.165, 1.54) is 0 Å². The molecule has 4 rings (SSSR count). The Morgan fingerprint density at radius 3 is 2.00 bits per heavy atom. The molecule has 0 aliphatic rings. The molecule has 32 heavy (non-hydrogen) atoms. The van der Waals surface area contributed by atoms with E-state index in [1.807, 2.05) is 85.8 Å². The van der Waals surface area contributed by atoms with E-state index in [4.69, 9.17) is 0 Å². The third-order valence-corrected chi connectivity index (χ3v) is 6.50. The Morgan fingerprint density at radius 2 is 1.31 bits per heavy atom. The Kier molecular flexibility index (Phi) is 6.39. The summed E-state index contributed by atoms with van der Waals surface area (Å²) in [5, 5.41) is 0. The number of hydrogen-bond donors (Lipinski definition) is 1. The van der Waals surface area contributed by atoms with Crippen molar-refractivity contribution < 1.29 is 8.42 Å². The van der Waals surface area contributed by atoms with Crippen LogP contribution in [0, 0.1) is 18.8 Å². The second kappa shape index (κ2) is 9.55. The highest BCUT2D eigenvalue weighted by atomic mass is 32.2. The van der Waals surface area contributed by atoms with E-state index in [2.05, 4.69) is 16.6 Å². The molecule has 0 aliphatic carbocycles. The Morgan fingerprint density at radius 1 is 0.719 bits per heavy atom. The molecule has 158 valence electrons. The molecule has 1 N–H and O–H groups in total. The minimum Gasteiger partial charge on any atom is -0.279 e. The Labute approximate surface area is 189 Å². The summed E-state index contributed by atoms with van der Waals surface area (Å²) < 4.78 is 28.9. The van der Waals surface area contributed by atoms with Crippen LogP contribution in [0.1, 0.15) is 28.2 Å². The minimum atomic E-state index is -3.73. The zero-order valence-corrected chi connectivity index (χ0v) is 18.5. The second-order valence-corrected chi connectivity index (χ2v) is 9.17. The molecule has 0 bridgehead atoms. The average molecular weight is 438 g/mol. The van der Waals surface area contributed by atoms with Gasteiger partial charge in [-0.15, -0.1) is 0 Å². The van der Waals surface area contributed by atoms with Crippen LogP contribution in [0.5, 0.6) is 0 Å². The first-order valence-corrected chi connectivity index (χ1v) is 11.8. The van der Waals surface area contributed by atoms with E-state index >= 15 is 0 Å². The number of benzene rings is 4. The van der Waals surface area contributed by atoms with Gasteiger partial charge in [0.1, 0.15) is 0 Å². The standard InChI is InChI=1S/C28H23NO2S/c1-22-16-19-25(20-17-22)32(30,31)29-28-15-9-8-14-27(28)26(24-12-6-3-7-13-24)21-18-23-10-4-2-5-11-23/h2-17,19-20,26,29H,1H3. The van der Waals surface area contributed by atoms with E-state index in [0.29, 0.717) is 5.69 Å². The third-order valence-electron chi connectivity index (χ3n) is 5.11. The van der Waals surface area contributed by atoms with Gasteiger partial charge >= 0.3 is 0 Å². The van der Waals surface area contributed by atoms with Gasteiger partial charge in [-0.2, -0.15) is 0 Å². The first kappa shape index (κ1) is 21.4. The predicted molar refractivity (Wildman–Crippen MR) is 130 cm³/mol. The SMILES string of the molecule is Cc1ccc(S(=O)(=O)Nc2ccccc2C(C#Cc2ccccc2)c2ccccc2)cc1. The largest absolute Gasteiger partial charge is 0.279 e. The number of hydrogen-bond acceptors (Lipinski definition) is 2. The van der Waals surface area contributed by atoms with E-state index in [9.17, 15) is 8.42 Å². The summed E-state index contributed by atoms with van der Waals surface area (Å²) in [6, 6.07) is 33.9. The van der Waals surface area contributed by atoms with Gasteiger partial charge < -0.3 is 0 Å². The maximum atomic E-state index is 13.1. The van der Waals surface area contributed by atoms with E-state index < -0.39 is 10.0 Å². The average Bonchev–Trinajstić information content (AvgIpc) is 2.82. The second-order valence-electron chi connectivity index (χ2n) is 7.48. The van der Waals surface area contributed by atoms with Crippen LogP contribution in [-0.2, 0) is 10.0 Å². The molecule has 1 unspecified atom stereocenters. The summed E-state index contributed by atoms with van der Waals surface area (Å²) in [7, 11) is -3.73. The van der Waals surface area contributed by atoms with Crippen molar-refractivity contribution in [2.75, 3.05) is 4.72 Å². The lowest BCUT2D eigenvalue weighted by atomic mass is 9.90. The molecule has 0 spiro atoms. The first-order chi connectivity index (χ1) is 15.5. The molecule has 0 amide bonds. The van der Waals surface area contributed by atoms with Gasteiger partial charge in [-0.3, -0.25) is 4.72 Å². The molecule has 0 radical (unpaired) electrons. The zero-order valence-electron chi connectivity index (χ0n) is 17.7. The van der Waals surface area contributed by atoms with Crippen molar-refractivity contribution in [1.29, 1.82) is 0 Å². The molecule has 0 aliphatic heterocycles. The summed E-state index contributed by atoms with van der Waals surface area (Å²) in [6.07, 6.45) is 0. The van der Waals surface area contributed by atoms with Crippen LogP contribution >= 0.6 is 0 Å². The highest BCUT2D eigenvalue weighted by Crippen LogP contribution is 2.31. The number of aryl methyl sites for hydroxylation is 1. The van der Waals surface area contributed by atoms with Gasteiger partial charge in [0.2, 0.25) is 0 Å². The molecular weight excluding hydrogens is 414 g/mol. The van der Waals surface area contributed by atoms with Crippen molar-refractivity contribution in [3.63, 3.8) is 0 Å². The molecule has 4 aromatic carbocycles. The van der Waals surface area contributed by atoms with Gasteiger partial charge in [0.25, 0.3) is 10.0 Å². The third kappa shape index (κ3) is 5.08. The maximum absolute atomic E-state index is 13.1.